The van der Waals surface area contributed by atoms with Gasteiger partial charge in [-0.05, 0) is 36.2 Å². The molecule has 0 unspecified atom stereocenters. The van der Waals surface area contributed by atoms with Gasteiger partial charge in [0.1, 0.15) is 5.82 Å². The second-order valence-electron chi connectivity index (χ2n) is 4.01. The largest absolute Gasteiger partial charge is 0.398 e. The zero-order valence-electron chi connectivity index (χ0n) is 9.91. The second-order valence-corrected chi connectivity index (χ2v) is 5.88. The van der Waals surface area contributed by atoms with Gasteiger partial charge in [-0.25, -0.2) is 4.39 Å². The number of nitrogen functional groups attached to an aromatic ring is 1. The summed E-state index contributed by atoms with van der Waals surface area (Å²) in [6.45, 7) is 1.99. The third kappa shape index (κ3) is 3.06. The standard InChI is InChI=1S/C14H13BrFNS/c1-9-3-2-4-13(14(9)17)18-8-10-5-6-11(16)7-12(10)15/h2-7H,8,17H2,1H3. The van der Waals surface area contributed by atoms with Gasteiger partial charge < -0.3 is 5.73 Å². The molecule has 2 aromatic rings. The summed E-state index contributed by atoms with van der Waals surface area (Å²) in [7, 11) is 0. The normalized spacial score (nSPS) is 10.6. The molecule has 94 valence electrons. The van der Waals surface area contributed by atoms with Gasteiger partial charge in [-0.15, -0.1) is 11.8 Å². The highest BCUT2D eigenvalue weighted by Crippen LogP contribution is 2.32. The van der Waals surface area contributed by atoms with Crippen LogP contribution in [0.15, 0.2) is 45.8 Å². The predicted molar refractivity (Wildman–Crippen MR) is 79.3 cm³/mol. The van der Waals surface area contributed by atoms with Crippen molar-refractivity contribution < 1.29 is 4.39 Å². The van der Waals surface area contributed by atoms with Crippen LogP contribution in [0.3, 0.4) is 0 Å². The predicted octanol–water partition coefficient (Wildman–Crippen LogP) is 4.77. The van der Waals surface area contributed by atoms with Gasteiger partial charge in [-0.3, -0.25) is 0 Å². The van der Waals surface area contributed by atoms with Gasteiger partial charge in [0, 0.05) is 20.8 Å². The van der Waals surface area contributed by atoms with Gasteiger partial charge >= 0.3 is 0 Å². The van der Waals surface area contributed by atoms with Crippen LogP contribution >= 0.6 is 27.7 Å². The molecule has 0 aliphatic heterocycles. The molecule has 0 atom stereocenters. The maximum atomic E-state index is 13.0. The zero-order chi connectivity index (χ0) is 13.1. The molecular formula is C14H13BrFNS. The van der Waals surface area contributed by atoms with Crippen molar-refractivity contribution in [1.82, 2.24) is 0 Å². The average Bonchev–Trinajstić information content (AvgIpc) is 2.33. The van der Waals surface area contributed by atoms with E-state index in [2.05, 4.69) is 15.9 Å². The van der Waals surface area contributed by atoms with E-state index >= 15 is 0 Å². The number of rotatable bonds is 3. The molecular weight excluding hydrogens is 313 g/mol. The van der Waals surface area contributed by atoms with Crippen LogP contribution in [0.5, 0.6) is 0 Å². The fourth-order valence-corrected chi connectivity index (χ4v) is 3.30. The summed E-state index contributed by atoms with van der Waals surface area (Å²) in [4.78, 5) is 1.06. The molecule has 0 aliphatic rings. The van der Waals surface area contributed by atoms with E-state index in [4.69, 9.17) is 5.73 Å². The lowest BCUT2D eigenvalue weighted by Crippen LogP contribution is -1.92. The van der Waals surface area contributed by atoms with Crippen molar-refractivity contribution >= 4 is 33.4 Å². The van der Waals surface area contributed by atoms with Crippen LogP contribution in [0.25, 0.3) is 0 Å². The van der Waals surface area contributed by atoms with Crippen molar-refractivity contribution in [2.24, 2.45) is 0 Å². The van der Waals surface area contributed by atoms with Gasteiger partial charge in [0.25, 0.3) is 0 Å². The fraction of sp³-hybridized carbons (Fsp3) is 0.143. The number of aryl methyl sites for hydroxylation is 1. The first-order valence-corrected chi connectivity index (χ1v) is 7.27. The summed E-state index contributed by atoms with van der Waals surface area (Å²) >= 11 is 5.03. The van der Waals surface area contributed by atoms with Crippen molar-refractivity contribution in [1.29, 1.82) is 0 Å². The van der Waals surface area contributed by atoms with Gasteiger partial charge in [0.05, 0.1) is 0 Å². The monoisotopic (exact) mass is 325 g/mol. The van der Waals surface area contributed by atoms with Crippen molar-refractivity contribution in [3.05, 3.63) is 57.8 Å². The minimum absolute atomic E-state index is 0.231. The molecule has 2 N–H and O–H groups in total. The number of halogens is 2. The Balaban J connectivity index is 2.14. The molecule has 0 amide bonds. The Morgan fingerprint density at radius 3 is 2.78 bits per heavy atom. The summed E-state index contributed by atoms with van der Waals surface area (Å²) < 4.78 is 13.8. The Morgan fingerprint density at radius 1 is 1.28 bits per heavy atom. The lowest BCUT2D eigenvalue weighted by Gasteiger charge is -2.09. The smallest absolute Gasteiger partial charge is 0.124 e. The van der Waals surface area contributed by atoms with E-state index < -0.39 is 0 Å². The van der Waals surface area contributed by atoms with Crippen LogP contribution in [0.1, 0.15) is 11.1 Å². The molecule has 4 heteroatoms. The Kier molecular flexibility index (Phi) is 4.30. The molecule has 0 aliphatic carbocycles. The molecule has 2 aromatic carbocycles. The van der Waals surface area contributed by atoms with Crippen LogP contribution in [-0.4, -0.2) is 0 Å². The summed E-state index contributed by atoms with van der Waals surface area (Å²) in [5.74, 6) is 0.528. The summed E-state index contributed by atoms with van der Waals surface area (Å²) in [6, 6.07) is 10.7. The molecule has 0 saturated heterocycles. The number of anilines is 1. The highest BCUT2D eigenvalue weighted by Gasteiger charge is 2.05. The molecule has 0 aromatic heterocycles. The average molecular weight is 326 g/mol. The van der Waals surface area contributed by atoms with Gasteiger partial charge in [0.15, 0.2) is 0 Å². The third-order valence-electron chi connectivity index (χ3n) is 2.68. The number of nitrogens with two attached hydrogens (primary N) is 1. The number of thioether (sulfide) groups is 1. The molecule has 1 nitrogen and oxygen atoms in total. The zero-order valence-corrected chi connectivity index (χ0v) is 12.3. The van der Waals surface area contributed by atoms with Crippen molar-refractivity contribution in [2.75, 3.05) is 5.73 Å². The van der Waals surface area contributed by atoms with Crippen molar-refractivity contribution in [3.8, 4) is 0 Å². The molecule has 0 spiro atoms. The second kappa shape index (κ2) is 5.76. The third-order valence-corrected chi connectivity index (χ3v) is 4.54. The number of hydrogen-bond acceptors (Lipinski definition) is 2. The quantitative estimate of drug-likeness (QED) is 0.649. The Hall–Kier alpha value is -1.00. The van der Waals surface area contributed by atoms with Gasteiger partial charge in [-0.1, -0.05) is 34.1 Å². The molecule has 0 fully saturated rings. The topological polar surface area (TPSA) is 26.0 Å². The Morgan fingerprint density at radius 2 is 2.06 bits per heavy atom. The van der Waals surface area contributed by atoms with E-state index in [0.29, 0.717) is 0 Å². The van der Waals surface area contributed by atoms with E-state index in [9.17, 15) is 4.39 Å². The van der Waals surface area contributed by atoms with Gasteiger partial charge in [-0.2, -0.15) is 0 Å². The minimum atomic E-state index is -0.231. The summed E-state index contributed by atoms with van der Waals surface area (Å²) in [6.07, 6.45) is 0. The molecule has 0 heterocycles. The summed E-state index contributed by atoms with van der Waals surface area (Å²) in [5.41, 5.74) is 8.98. The van der Waals surface area contributed by atoms with Crippen LogP contribution in [0.4, 0.5) is 10.1 Å². The minimum Gasteiger partial charge on any atom is -0.398 e. The van der Waals surface area contributed by atoms with E-state index in [1.807, 2.05) is 25.1 Å². The molecule has 0 bridgehead atoms. The number of benzene rings is 2. The fourth-order valence-electron chi connectivity index (χ4n) is 1.57. The van der Waals surface area contributed by atoms with E-state index in [1.165, 1.54) is 12.1 Å². The molecule has 18 heavy (non-hydrogen) atoms. The van der Waals surface area contributed by atoms with E-state index in [0.717, 1.165) is 31.9 Å². The Bertz CT molecular complexity index is 572. The van der Waals surface area contributed by atoms with Crippen LogP contribution < -0.4 is 5.73 Å². The van der Waals surface area contributed by atoms with Crippen LogP contribution in [-0.2, 0) is 5.75 Å². The number of para-hydroxylation sites is 1. The van der Waals surface area contributed by atoms with Crippen LogP contribution in [0.2, 0.25) is 0 Å². The van der Waals surface area contributed by atoms with Crippen molar-refractivity contribution in [2.45, 2.75) is 17.6 Å². The first-order valence-electron chi connectivity index (χ1n) is 5.50. The lowest BCUT2D eigenvalue weighted by atomic mass is 10.2. The molecule has 0 radical (unpaired) electrons. The first kappa shape index (κ1) is 13.4. The Labute approximate surface area is 119 Å². The first-order chi connectivity index (χ1) is 8.58. The number of hydrogen-bond donors (Lipinski definition) is 1. The summed E-state index contributed by atoms with van der Waals surface area (Å²) in [5, 5.41) is 0. The van der Waals surface area contributed by atoms with Crippen LogP contribution in [0, 0.1) is 12.7 Å². The maximum absolute atomic E-state index is 13.0. The SMILES string of the molecule is Cc1cccc(SCc2ccc(F)cc2Br)c1N. The molecule has 0 saturated carbocycles. The van der Waals surface area contributed by atoms with Crippen molar-refractivity contribution in [3.63, 3.8) is 0 Å². The van der Waals surface area contributed by atoms with E-state index in [1.54, 1.807) is 17.8 Å². The molecule has 2 rings (SSSR count). The van der Waals surface area contributed by atoms with E-state index in [-0.39, 0.29) is 5.82 Å². The lowest BCUT2D eigenvalue weighted by molar-refractivity contribution is 0.626. The highest BCUT2D eigenvalue weighted by atomic mass is 79.9. The van der Waals surface area contributed by atoms with Gasteiger partial charge in [0.2, 0.25) is 0 Å². The maximum Gasteiger partial charge on any atom is 0.124 e. The highest BCUT2D eigenvalue weighted by molar-refractivity contribution is 9.10.